The van der Waals surface area contributed by atoms with Gasteiger partial charge in [0.2, 0.25) is 5.91 Å². The van der Waals surface area contributed by atoms with Crippen LogP contribution in [0.4, 0.5) is 4.39 Å². The molecule has 1 fully saturated rings. The number of nitrogens with zero attached hydrogens (tertiary/aromatic N) is 1. The molecule has 0 saturated carbocycles. The maximum Gasteiger partial charge on any atom is 0.234 e. The Kier molecular flexibility index (Phi) is 4.96. The van der Waals surface area contributed by atoms with Crippen LogP contribution in [-0.2, 0) is 4.79 Å². The molecule has 1 aliphatic heterocycles. The van der Waals surface area contributed by atoms with Gasteiger partial charge in [0.25, 0.3) is 0 Å². The summed E-state index contributed by atoms with van der Waals surface area (Å²) in [6.45, 7) is 5.51. The highest BCUT2D eigenvalue weighted by Crippen LogP contribution is 2.20. The Morgan fingerprint density at radius 1 is 1.38 bits per heavy atom. The van der Waals surface area contributed by atoms with E-state index in [1.165, 1.54) is 12.1 Å². The minimum Gasteiger partial charge on any atom is -0.390 e. The fourth-order valence-electron chi connectivity index (χ4n) is 2.52. The highest BCUT2D eigenvalue weighted by atomic mass is 19.1. The first-order valence-corrected chi connectivity index (χ1v) is 7.35. The molecule has 0 spiro atoms. The molecule has 0 bridgehead atoms. The number of halogens is 1. The van der Waals surface area contributed by atoms with Gasteiger partial charge >= 0.3 is 0 Å². The molecule has 1 aromatic rings. The van der Waals surface area contributed by atoms with Gasteiger partial charge in [0.15, 0.2) is 0 Å². The van der Waals surface area contributed by atoms with Crippen LogP contribution in [0.3, 0.4) is 0 Å². The lowest BCUT2D eigenvalue weighted by molar-refractivity contribution is -0.124. The van der Waals surface area contributed by atoms with Crippen molar-refractivity contribution >= 4 is 5.91 Å². The number of amides is 1. The average molecular weight is 294 g/mol. The standard InChI is InChI=1S/C16H23FN2O2/c1-12(13-3-5-14(17)6-4-13)18-15(20)11-19-9-7-16(2,21)8-10-19/h3-6,12,21H,7-11H2,1-2H3,(H,18,20). The maximum atomic E-state index is 12.9. The summed E-state index contributed by atoms with van der Waals surface area (Å²) < 4.78 is 12.9. The average Bonchev–Trinajstić information content (AvgIpc) is 2.42. The molecule has 1 saturated heterocycles. The second kappa shape index (κ2) is 6.54. The second-order valence-electron chi connectivity index (χ2n) is 6.11. The smallest absolute Gasteiger partial charge is 0.234 e. The first-order chi connectivity index (χ1) is 9.85. The largest absolute Gasteiger partial charge is 0.390 e. The number of hydrogen-bond donors (Lipinski definition) is 2. The molecule has 0 aromatic heterocycles. The third-order valence-electron chi connectivity index (χ3n) is 4.05. The van der Waals surface area contributed by atoms with E-state index >= 15 is 0 Å². The summed E-state index contributed by atoms with van der Waals surface area (Å²) in [7, 11) is 0. The van der Waals surface area contributed by atoms with Crippen LogP contribution in [0.15, 0.2) is 24.3 Å². The molecule has 1 aromatic carbocycles. The van der Waals surface area contributed by atoms with Crippen LogP contribution >= 0.6 is 0 Å². The SMILES string of the molecule is CC(NC(=O)CN1CCC(C)(O)CC1)c1ccc(F)cc1. The lowest BCUT2D eigenvalue weighted by Gasteiger charge is -2.35. The van der Waals surface area contributed by atoms with Crippen LogP contribution < -0.4 is 5.32 Å². The summed E-state index contributed by atoms with van der Waals surface area (Å²) in [5, 5.41) is 12.8. The van der Waals surface area contributed by atoms with E-state index in [0.717, 1.165) is 18.7 Å². The summed E-state index contributed by atoms with van der Waals surface area (Å²) in [4.78, 5) is 14.1. The van der Waals surface area contributed by atoms with E-state index in [-0.39, 0.29) is 17.8 Å². The number of nitrogens with one attached hydrogen (secondary N) is 1. The van der Waals surface area contributed by atoms with Gasteiger partial charge in [0, 0.05) is 13.1 Å². The van der Waals surface area contributed by atoms with Crippen LogP contribution in [0.1, 0.15) is 38.3 Å². The zero-order valence-corrected chi connectivity index (χ0v) is 12.6. The molecule has 21 heavy (non-hydrogen) atoms. The summed E-state index contributed by atoms with van der Waals surface area (Å²) >= 11 is 0. The van der Waals surface area contributed by atoms with Crippen molar-refractivity contribution in [3.8, 4) is 0 Å². The summed E-state index contributed by atoms with van der Waals surface area (Å²) in [6.07, 6.45) is 1.38. The van der Waals surface area contributed by atoms with Crippen molar-refractivity contribution in [1.82, 2.24) is 10.2 Å². The molecule has 0 aliphatic carbocycles. The third-order valence-corrected chi connectivity index (χ3v) is 4.05. The van der Waals surface area contributed by atoms with Crippen molar-refractivity contribution in [1.29, 1.82) is 0 Å². The van der Waals surface area contributed by atoms with Gasteiger partial charge in [-0.05, 0) is 44.4 Å². The molecule has 1 atom stereocenters. The predicted octanol–water partition coefficient (Wildman–Crippen LogP) is 1.85. The topological polar surface area (TPSA) is 52.6 Å². The van der Waals surface area contributed by atoms with Crippen molar-refractivity contribution in [2.24, 2.45) is 0 Å². The Morgan fingerprint density at radius 3 is 2.52 bits per heavy atom. The van der Waals surface area contributed by atoms with Crippen LogP contribution in [0.25, 0.3) is 0 Å². The van der Waals surface area contributed by atoms with Gasteiger partial charge in [0.05, 0.1) is 18.2 Å². The van der Waals surface area contributed by atoms with Gasteiger partial charge in [-0.2, -0.15) is 0 Å². The molecule has 2 N–H and O–H groups in total. The number of rotatable bonds is 4. The number of carbonyl (C=O) groups is 1. The number of hydrogen-bond acceptors (Lipinski definition) is 3. The lowest BCUT2D eigenvalue weighted by atomic mass is 9.94. The number of likely N-dealkylation sites (tertiary alicyclic amines) is 1. The highest BCUT2D eigenvalue weighted by molar-refractivity contribution is 5.78. The van der Waals surface area contributed by atoms with E-state index in [0.29, 0.717) is 19.4 Å². The molecular formula is C16H23FN2O2. The van der Waals surface area contributed by atoms with Gasteiger partial charge in [0.1, 0.15) is 5.82 Å². The minimum absolute atomic E-state index is 0.0478. The fraction of sp³-hybridized carbons (Fsp3) is 0.562. The van der Waals surface area contributed by atoms with Crippen molar-refractivity contribution in [2.75, 3.05) is 19.6 Å². The second-order valence-corrected chi connectivity index (χ2v) is 6.11. The maximum absolute atomic E-state index is 12.9. The van der Waals surface area contributed by atoms with Crippen molar-refractivity contribution in [3.05, 3.63) is 35.6 Å². The summed E-state index contributed by atoms with van der Waals surface area (Å²) in [5.74, 6) is -0.328. The number of piperidine rings is 1. The van der Waals surface area contributed by atoms with Crippen LogP contribution in [0.5, 0.6) is 0 Å². The Morgan fingerprint density at radius 2 is 1.95 bits per heavy atom. The predicted molar refractivity (Wildman–Crippen MR) is 79.3 cm³/mol. The fourth-order valence-corrected chi connectivity index (χ4v) is 2.52. The van der Waals surface area contributed by atoms with Gasteiger partial charge < -0.3 is 10.4 Å². The molecule has 1 aliphatic rings. The monoisotopic (exact) mass is 294 g/mol. The zero-order chi connectivity index (χ0) is 15.5. The molecule has 1 heterocycles. The summed E-state index contributed by atoms with van der Waals surface area (Å²) in [6, 6.07) is 6.00. The number of benzene rings is 1. The lowest BCUT2D eigenvalue weighted by Crippen LogP contribution is -2.46. The van der Waals surface area contributed by atoms with E-state index in [1.54, 1.807) is 12.1 Å². The molecule has 116 valence electrons. The van der Waals surface area contributed by atoms with Crippen molar-refractivity contribution < 1.29 is 14.3 Å². The Balaban J connectivity index is 1.80. The van der Waals surface area contributed by atoms with E-state index in [2.05, 4.69) is 5.32 Å². The van der Waals surface area contributed by atoms with Gasteiger partial charge in [-0.1, -0.05) is 12.1 Å². The molecule has 0 radical (unpaired) electrons. The molecular weight excluding hydrogens is 271 g/mol. The van der Waals surface area contributed by atoms with Crippen LogP contribution in [0, 0.1) is 5.82 Å². The van der Waals surface area contributed by atoms with E-state index < -0.39 is 5.60 Å². The normalized spacial score (nSPS) is 20.0. The van der Waals surface area contributed by atoms with Crippen molar-refractivity contribution in [2.45, 2.75) is 38.3 Å². The third kappa shape index (κ3) is 4.79. The van der Waals surface area contributed by atoms with Gasteiger partial charge in [-0.15, -0.1) is 0 Å². The Bertz CT molecular complexity index is 478. The van der Waals surface area contributed by atoms with E-state index in [1.807, 2.05) is 18.7 Å². The van der Waals surface area contributed by atoms with Crippen LogP contribution in [-0.4, -0.2) is 41.1 Å². The number of carbonyl (C=O) groups excluding carboxylic acids is 1. The first-order valence-electron chi connectivity index (χ1n) is 7.35. The molecule has 5 heteroatoms. The highest BCUT2D eigenvalue weighted by Gasteiger charge is 2.28. The molecule has 2 rings (SSSR count). The molecule has 1 amide bonds. The molecule has 1 unspecified atom stereocenters. The zero-order valence-electron chi connectivity index (χ0n) is 12.6. The van der Waals surface area contributed by atoms with Crippen LogP contribution in [0.2, 0.25) is 0 Å². The number of aliphatic hydroxyl groups is 1. The van der Waals surface area contributed by atoms with Crippen molar-refractivity contribution in [3.63, 3.8) is 0 Å². The summed E-state index contributed by atoms with van der Waals surface area (Å²) in [5.41, 5.74) is 0.278. The molecule has 4 nitrogen and oxygen atoms in total. The van der Waals surface area contributed by atoms with E-state index in [4.69, 9.17) is 0 Å². The first kappa shape index (κ1) is 15.9. The Labute approximate surface area is 125 Å². The quantitative estimate of drug-likeness (QED) is 0.891. The van der Waals surface area contributed by atoms with Gasteiger partial charge in [-0.3, -0.25) is 9.69 Å². The van der Waals surface area contributed by atoms with E-state index in [9.17, 15) is 14.3 Å². The Hall–Kier alpha value is -1.46. The van der Waals surface area contributed by atoms with Gasteiger partial charge in [-0.25, -0.2) is 4.39 Å². The minimum atomic E-state index is -0.603.